The summed E-state index contributed by atoms with van der Waals surface area (Å²) >= 11 is 0. The van der Waals surface area contributed by atoms with E-state index >= 15 is 0 Å². The Morgan fingerprint density at radius 2 is 1.83 bits per heavy atom. The van der Waals surface area contributed by atoms with Gasteiger partial charge in [0.15, 0.2) is 23.8 Å². The van der Waals surface area contributed by atoms with Gasteiger partial charge < -0.3 is 23.3 Å². The molecule has 8 nitrogen and oxygen atoms in total. The zero-order chi connectivity index (χ0) is 25.9. The summed E-state index contributed by atoms with van der Waals surface area (Å²) in [7, 11) is 2.88. The maximum atomic E-state index is 13.5. The summed E-state index contributed by atoms with van der Waals surface area (Å²) < 4.78 is 56.4. The highest BCUT2D eigenvalue weighted by atomic mass is 19.4. The molecule has 1 aromatic carbocycles. The monoisotopic (exact) mass is 494 g/mol. The number of esters is 1. The van der Waals surface area contributed by atoms with Crippen LogP contribution in [0.4, 0.5) is 13.2 Å². The van der Waals surface area contributed by atoms with Gasteiger partial charge >= 0.3 is 12.1 Å². The van der Waals surface area contributed by atoms with E-state index in [0.717, 1.165) is 0 Å². The van der Waals surface area contributed by atoms with E-state index in [9.17, 15) is 27.6 Å². The molecule has 0 spiro atoms. The number of ether oxygens (including phenoxy) is 3. The fourth-order valence-electron chi connectivity index (χ4n) is 3.77. The first-order chi connectivity index (χ1) is 16.5. The first-order valence-electron chi connectivity index (χ1n) is 10.8. The number of methoxy groups -OCH3 is 1. The molecule has 0 atom stereocenters. The molecule has 0 N–H and O–H groups in total. The van der Waals surface area contributed by atoms with E-state index in [-0.39, 0.29) is 29.7 Å². The van der Waals surface area contributed by atoms with E-state index in [2.05, 4.69) is 0 Å². The number of alkyl halides is 3. The standard InChI is InChI=1S/C24H25F3N2O6/c1-5-15-11-17-19(21(35-13-24(25,26)27)20(28(17)3)23(32)34-6-2)22(31)29(15)12-18(30)14-8-7-9-16(10-14)33-4/h7-11H,5-6,12-13H2,1-4H3. The fraction of sp³-hybridized carbons (Fsp3) is 0.375. The van der Waals surface area contributed by atoms with E-state index in [1.165, 1.54) is 29.4 Å². The van der Waals surface area contributed by atoms with Crippen molar-refractivity contribution in [2.24, 2.45) is 7.05 Å². The number of carbonyl (C=O) groups excluding carboxylic acids is 2. The van der Waals surface area contributed by atoms with Crippen molar-refractivity contribution < 1.29 is 37.0 Å². The normalized spacial score (nSPS) is 11.5. The van der Waals surface area contributed by atoms with Crippen LogP contribution >= 0.6 is 0 Å². The van der Waals surface area contributed by atoms with Crippen LogP contribution in [0.1, 0.15) is 40.4 Å². The van der Waals surface area contributed by atoms with Crippen molar-refractivity contribution in [3.05, 3.63) is 57.6 Å². The quantitative estimate of drug-likeness (QED) is 0.331. The van der Waals surface area contributed by atoms with Crippen LogP contribution in [0, 0.1) is 0 Å². The van der Waals surface area contributed by atoms with Crippen LogP contribution in [0.5, 0.6) is 11.5 Å². The van der Waals surface area contributed by atoms with E-state index in [4.69, 9.17) is 14.2 Å². The fourth-order valence-corrected chi connectivity index (χ4v) is 3.77. The van der Waals surface area contributed by atoms with Crippen molar-refractivity contribution in [2.75, 3.05) is 20.3 Å². The maximum Gasteiger partial charge on any atom is 0.422 e. The van der Waals surface area contributed by atoms with Gasteiger partial charge in [-0.3, -0.25) is 9.59 Å². The molecule has 2 aromatic heterocycles. The predicted molar refractivity (Wildman–Crippen MR) is 121 cm³/mol. The van der Waals surface area contributed by atoms with E-state index in [0.29, 0.717) is 23.4 Å². The number of ketones is 1. The Bertz CT molecular complexity index is 1320. The van der Waals surface area contributed by atoms with Gasteiger partial charge in [-0.05, 0) is 31.5 Å². The lowest BCUT2D eigenvalue weighted by atomic mass is 10.1. The molecule has 0 aliphatic rings. The van der Waals surface area contributed by atoms with Crippen LogP contribution in [0.2, 0.25) is 0 Å². The highest BCUT2D eigenvalue weighted by Crippen LogP contribution is 2.33. The zero-order valence-corrected chi connectivity index (χ0v) is 19.7. The lowest BCUT2D eigenvalue weighted by Crippen LogP contribution is -2.28. The molecule has 0 radical (unpaired) electrons. The highest BCUT2D eigenvalue weighted by molar-refractivity contribution is 6.02. The Morgan fingerprint density at radius 3 is 2.43 bits per heavy atom. The summed E-state index contributed by atoms with van der Waals surface area (Å²) in [4.78, 5) is 39.1. The Labute approximate surface area is 198 Å². The third-order valence-electron chi connectivity index (χ3n) is 5.41. The Hall–Kier alpha value is -3.76. The molecule has 0 saturated carbocycles. The number of pyridine rings is 1. The van der Waals surface area contributed by atoms with Gasteiger partial charge in [0.1, 0.15) is 11.1 Å². The van der Waals surface area contributed by atoms with Crippen LogP contribution in [0.25, 0.3) is 10.9 Å². The molecule has 0 amide bonds. The molecule has 0 bridgehead atoms. The lowest BCUT2D eigenvalue weighted by molar-refractivity contribution is -0.153. The summed E-state index contributed by atoms with van der Waals surface area (Å²) in [6, 6.07) is 7.94. The first-order valence-corrected chi connectivity index (χ1v) is 10.8. The van der Waals surface area contributed by atoms with Crippen LogP contribution in [0.15, 0.2) is 35.1 Å². The summed E-state index contributed by atoms with van der Waals surface area (Å²) in [6.07, 6.45) is -4.37. The average Bonchev–Trinajstić information content (AvgIpc) is 3.10. The van der Waals surface area contributed by atoms with Crippen molar-refractivity contribution in [1.29, 1.82) is 0 Å². The van der Waals surface area contributed by atoms with Gasteiger partial charge in [-0.1, -0.05) is 19.1 Å². The third kappa shape index (κ3) is 5.33. The number of aryl methyl sites for hydroxylation is 2. The number of hydrogen-bond donors (Lipinski definition) is 0. The maximum absolute atomic E-state index is 13.5. The van der Waals surface area contributed by atoms with Gasteiger partial charge in [0.2, 0.25) is 0 Å². The highest BCUT2D eigenvalue weighted by Gasteiger charge is 2.33. The molecule has 0 aliphatic heterocycles. The Balaban J connectivity index is 2.21. The van der Waals surface area contributed by atoms with E-state index in [1.54, 1.807) is 38.1 Å². The molecule has 188 valence electrons. The second-order valence-corrected chi connectivity index (χ2v) is 7.66. The van der Waals surface area contributed by atoms with Crippen molar-refractivity contribution in [2.45, 2.75) is 33.0 Å². The van der Waals surface area contributed by atoms with E-state index < -0.39 is 35.8 Å². The minimum absolute atomic E-state index is 0.0292. The van der Waals surface area contributed by atoms with Gasteiger partial charge in [-0.2, -0.15) is 13.2 Å². The zero-order valence-electron chi connectivity index (χ0n) is 19.7. The number of rotatable bonds is 9. The topological polar surface area (TPSA) is 88.8 Å². The van der Waals surface area contributed by atoms with Crippen molar-refractivity contribution in [3.8, 4) is 11.5 Å². The van der Waals surface area contributed by atoms with Crippen LogP contribution in [0.3, 0.4) is 0 Å². The molecule has 0 aliphatic carbocycles. The molecule has 2 heterocycles. The Morgan fingerprint density at radius 1 is 1.11 bits per heavy atom. The van der Waals surface area contributed by atoms with E-state index in [1.807, 2.05) is 0 Å². The number of aromatic nitrogens is 2. The van der Waals surface area contributed by atoms with Crippen molar-refractivity contribution in [1.82, 2.24) is 9.13 Å². The van der Waals surface area contributed by atoms with Crippen molar-refractivity contribution >= 4 is 22.7 Å². The van der Waals surface area contributed by atoms with Gasteiger partial charge in [-0.25, -0.2) is 4.79 Å². The second-order valence-electron chi connectivity index (χ2n) is 7.66. The molecule has 3 rings (SSSR count). The number of fused-ring (bicyclic) bond motifs is 1. The summed E-state index contributed by atoms with van der Waals surface area (Å²) in [5.41, 5.74) is -0.123. The Kier molecular flexibility index (Phi) is 7.57. The van der Waals surface area contributed by atoms with Crippen LogP contribution in [-0.2, 0) is 24.8 Å². The van der Waals surface area contributed by atoms with Crippen LogP contribution in [-0.4, -0.2) is 47.4 Å². The van der Waals surface area contributed by atoms with Gasteiger partial charge in [0, 0.05) is 18.3 Å². The number of carbonyl (C=O) groups is 2. The molecule has 11 heteroatoms. The van der Waals surface area contributed by atoms with Crippen molar-refractivity contribution in [3.63, 3.8) is 0 Å². The number of hydrogen-bond acceptors (Lipinski definition) is 6. The lowest BCUT2D eigenvalue weighted by Gasteiger charge is -2.13. The average molecular weight is 494 g/mol. The molecule has 3 aromatic rings. The minimum atomic E-state index is -4.71. The molecule has 35 heavy (non-hydrogen) atoms. The number of nitrogens with zero attached hydrogens (tertiary/aromatic N) is 2. The minimum Gasteiger partial charge on any atom is -0.497 e. The third-order valence-corrected chi connectivity index (χ3v) is 5.41. The molecular weight excluding hydrogens is 469 g/mol. The molecule has 0 saturated heterocycles. The largest absolute Gasteiger partial charge is 0.497 e. The SMILES string of the molecule is CCOC(=O)c1c(OCC(F)(F)F)c2c(=O)n(CC(=O)c3cccc(OC)c3)c(CC)cc2n1C. The smallest absolute Gasteiger partial charge is 0.422 e. The number of Topliss-reactive ketones (excluding diaryl/α,β-unsaturated/α-hetero) is 1. The first kappa shape index (κ1) is 25.9. The van der Waals surface area contributed by atoms with Gasteiger partial charge in [-0.15, -0.1) is 0 Å². The number of benzene rings is 1. The predicted octanol–water partition coefficient (Wildman–Crippen LogP) is 3.91. The summed E-state index contributed by atoms with van der Waals surface area (Å²) in [5, 5.41) is -0.240. The molecule has 0 fully saturated rings. The van der Waals surface area contributed by atoms with Gasteiger partial charge in [0.05, 0.1) is 25.8 Å². The second kappa shape index (κ2) is 10.2. The van der Waals surface area contributed by atoms with Crippen LogP contribution < -0.4 is 15.0 Å². The molecular formula is C24H25F3N2O6. The summed E-state index contributed by atoms with van der Waals surface area (Å²) in [6.45, 7) is 1.20. The number of halogens is 3. The summed E-state index contributed by atoms with van der Waals surface area (Å²) in [5.74, 6) is -1.41. The molecule has 0 unspecified atom stereocenters. The van der Waals surface area contributed by atoms with Gasteiger partial charge in [0.25, 0.3) is 5.56 Å².